The number of alkyl halides is 3. The highest BCUT2D eigenvalue weighted by atomic mass is 35.5. The molecular weight excluding hydrogens is 500 g/mol. The van der Waals surface area contributed by atoms with Crippen LogP contribution in [-0.2, 0) is 20.1 Å². The Hall–Kier alpha value is -3.31. The maximum atomic E-state index is 14.2. The minimum Gasteiger partial charge on any atom is -0.398 e. The van der Waals surface area contributed by atoms with E-state index in [0.29, 0.717) is 0 Å². The van der Waals surface area contributed by atoms with E-state index in [1.165, 1.54) is 38.3 Å². The fourth-order valence-corrected chi connectivity index (χ4v) is 3.80. The maximum Gasteiger partial charge on any atom is 0.435 e. The number of benzene rings is 2. The Bertz CT molecular complexity index is 1170. The molecule has 1 unspecified atom stereocenters. The SMILES string of the molecule is CON=CNC(=O)c1ccc(C2=NOC(c3cc(Cl)cc(Cl)c3)(C(F)(F)F)C2)cc1NC(C)=O. The van der Waals surface area contributed by atoms with Crippen LogP contribution in [0.4, 0.5) is 18.9 Å². The summed E-state index contributed by atoms with van der Waals surface area (Å²) in [6.45, 7) is 1.22. The lowest BCUT2D eigenvalue weighted by atomic mass is 9.86. The van der Waals surface area contributed by atoms with Crippen molar-refractivity contribution in [1.29, 1.82) is 0 Å². The van der Waals surface area contributed by atoms with Gasteiger partial charge in [-0.2, -0.15) is 13.2 Å². The predicted octanol–water partition coefficient (Wildman–Crippen LogP) is 4.85. The summed E-state index contributed by atoms with van der Waals surface area (Å²) in [5.74, 6) is -1.14. The normalized spacial score (nSPS) is 17.8. The molecule has 2 aromatic rings. The lowest BCUT2D eigenvalue weighted by molar-refractivity contribution is -0.275. The third-order valence-corrected chi connectivity index (χ3v) is 5.21. The minimum atomic E-state index is -4.87. The summed E-state index contributed by atoms with van der Waals surface area (Å²) in [5.41, 5.74) is -2.92. The van der Waals surface area contributed by atoms with E-state index >= 15 is 0 Å². The highest BCUT2D eigenvalue weighted by molar-refractivity contribution is 6.34. The standard InChI is InChI=1S/C21H17Cl2F3N4O4/c1-11(31)29-17-5-12(3-4-16(17)19(32)27-10-28-33-2)18-9-20(34-30-18,21(24,25)26)13-6-14(22)8-15(23)7-13/h3-8,10H,9H2,1-2H3,(H,29,31)(H,27,28,32). The fourth-order valence-electron chi connectivity index (χ4n) is 3.28. The van der Waals surface area contributed by atoms with E-state index in [4.69, 9.17) is 28.0 Å². The number of oxime groups is 2. The van der Waals surface area contributed by atoms with E-state index in [0.717, 1.165) is 18.5 Å². The Balaban J connectivity index is 1.99. The zero-order valence-corrected chi connectivity index (χ0v) is 19.2. The number of carbonyl (C=O) groups excluding carboxylic acids is 2. The molecule has 13 heteroatoms. The number of hydrogen-bond acceptors (Lipinski definition) is 6. The predicted molar refractivity (Wildman–Crippen MR) is 120 cm³/mol. The Kier molecular flexibility index (Phi) is 7.37. The van der Waals surface area contributed by atoms with Crippen molar-refractivity contribution in [3.8, 4) is 0 Å². The van der Waals surface area contributed by atoms with Crippen LogP contribution in [-0.4, -0.2) is 37.2 Å². The van der Waals surface area contributed by atoms with Crippen molar-refractivity contribution in [3.05, 3.63) is 63.1 Å². The Morgan fingerprint density at radius 2 is 1.88 bits per heavy atom. The first-order chi connectivity index (χ1) is 16.0. The van der Waals surface area contributed by atoms with Gasteiger partial charge in [0.05, 0.1) is 17.0 Å². The molecule has 0 bridgehead atoms. The first kappa shape index (κ1) is 25.3. The molecule has 2 N–H and O–H groups in total. The zero-order chi connectivity index (χ0) is 25.1. The third kappa shape index (κ3) is 5.26. The molecule has 0 fully saturated rings. The van der Waals surface area contributed by atoms with Crippen molar-refractivity contribution in [3.63, 3.8) is 0 Å². The number of hydrogen-bond donors (Lipinski definition) is 2. The van der Waals surface area contributed by atoms with Gasteiger partial charge in [-0.1, -0.05) is 39.6 Å². The van der Waals surface area contributed by atoms with E-state index < -0.39 is 30.0 Å². The summed E-state index contributed by atoms with van der Waals surface area (Å²) in [6.07, 6.45) is -4.57. The van der Waals surface area contributed by atoms with Crippen molar-refractivity contribution in [1.82, 2.24) is 5.32 Å². The molecule has 0 saturated carbocycles. The van der Waals surface area contributed by atoms with Crippen LogP contribution in [0.1, 0.15) is 34.8 Å². The average Bonchev–Trinajstić information content (AvgIpc) is 3.20. The molecule has 0 saturated heterocycles. The van der Waals surface area contributed by atoms with Crippen LogP contribution in [0.25, 0.3) is 0 Å². The van der Waals surface area contributed by atoms with Crippen LogP contribution in [0.3, 0.4) is 0 Å². The zero-order valence-electron chi connectivity index (χ0n) is 17.7. The first-order valence-electron chi connectivity index (χ1n) is 9.53. The van der Waals surface area contributed by atoms with Gasteiger partial charge in [0.15, 0.2) is 0 Å². The molecule has 3 rings (SSSR count). The Labute approximate surface area is 201 Å². The van der Waals surface area contributed by atoms with E-state index in [1.807, 2.05) is 0 Å². The highest BCUT2D eigenvalue weighted by Gasteiger charge is 2.62. The smallest absolute Gasteiger partial charge is 0.398 e. The van der Waals surface area contributed by atoms with Crippen molar-refractivity contribution in [2.24, 2.45) is 10.3 Å². The lowest BCUT2D eigenvalue weighted by Crippen LogP contribution is -2.42. The third-order valence-electron chi connectivity index (χ3n) is 4.78. The molecule has 1 aliphatic rings. The van der Waals surface area contributed by atoms with Gasteiger partial charge in [0.2, 0.25) is 5.91 Å². The van der Waals surface area contributed by atoms with Crippen LogP contribution < -0.4 is 10.6 Å². The van der Waals surface area contributed by atoms with Crippen LogP contribution in [0.5, 0.6) is 0 Å². The van der Waals surface area contributed by atoms with Gasteiger partial charge in [-0.3, -0.25) is 9.59 Å². The number of nitrogens with one attached hydrogen (secondary N) is 2. The number of rotatable bonds is 6. The van der Waals surface area contributed by atoms with Gasteiger partial charge in [0.25, 0.3) is 11.5 Å². The van der Waals surface area contributed by atoms with Gasteiger partial charge in [-0.15, -0.1) is 0 Å². The van der Waals surface area contributed by atoms with E-state index in [9.17, 15) is 22.8 Å². The molecular formula is C21H17Cl2F3N4O4. The van der Waals surface area contributed by atoms with Crippen LogP contribution in [0.15, 0.2) is 46.7 Å². The molecule has 180 valence electrons. The summed E-state index contributed by atoms with van der Waals surface area (Å²) in [6, 6.07) is 7.54. The van der Waals surface area contributed by atoms with E-state index in [1.54, 1.807) is 0 Å². The second-order valence-electron chi connectivity index (χ2n) is 7.12. The van der Waals surface area contributed by atoms with E-state index in [-0.39, 0.29) is 38.1 Å². The minimum absolute atomic E-state index is 0.00324. The van der Waals surface area contributed by atoms with Gasteiger partial charge in [-0.25, -0.2) is 0 Å². The van der Waals surface area contributed by atoms with Crippen LogP contribution in [0.2, 0.25) is 10.0 Å². The molecule has 1 aliphatic heterocycles. The quantitative estimate of drug-likeness (QED) is 0.325. The molecule has 1 heterocycles. The summed E-state index contributed by atoms with van der Waals surface area (Å²) in [4.78, 5) is 33.5. The van der Waals surface area contributed by atoms with Crippen molar-refractivity contribution >= 4 is 52.8 Å². The number of halogens is 5. The number of amides is 2. The largest absolute Gasteiger partial charge is 0.435 e. The first-order valence-corrected chi connectivity index (χ1v) is 10.3. The molecule has 0 spiro atoms. The van der Waals surface area contributed by atoms with Gasteiger partial charge in [-0.05, 0) is 30.3 Å². The number of nitrogens with zero attached hydrogens (tertiary/aromatic N) is 2. The Morgan fingerprint density at radius 3 is 2.47 bits per heavy atom. The molecule has 1 atom stereocenters. The Morgan fingerprint density at radius 1 is 1.21 bits per heavy atom. The molecule has 34 heavy (non-hydrogen) atoms. The van der Waals surface area contributed by atoms with Crippen LogP contribution >= 0.6 is 23.2 Å². The summed E-state index contributed by atoms with van der Waals surface area (Å²) >= 11 is 11.8. The summed E-state index contributed by atoms with van der Waals surface area (Å²) < 4.78 is 42.6. The molecule has 0 aliphatic carbocycles. The van der Waals surface area contributed by atoms with Crippen molar-refractivity contribution in [2.75, 3.05) is 12.4 Å². The summed E-state index contributed by atoms with van der Waals surface area (Å²) in [7, 11) is 1.28. The second kappa shape index (κ2) is 9.90. The summed E-state index contributed by atoms with van der Waals surface area (Å²) in [5, 5.41) is 11.9. The highest BCUT2D eigenvalue weighted by Crippen LogP contribution is 2.49. The average molecular weight is 517 g/mol. The van der Waals surface area contributed by atoms with Gasteiger partial charge < -0.3 is 20.3 Å². The van der Waals surface area contributed by atoms with Gasteiger partial charge in [0, 0.05) is 34.5 Å². The molecule has 8 nitrogen and oxygen atoms in total. The maximum absolute atomic E-state index is 14.2. The fraction of sp³-hybridized carbons (Fsp3) is 0.238. The van der Waals surface area contributed by atoms with Crippen molar-refractivity contribution in [2.45, 2.75) is 25.1 Å². The molecule has 2 aromatic carbocycles. The van der Waals surface area contributed by atoms with Gasteiger partial charge in [0.1, 0.15) is 13.4 Å². The second-order valence-corrected chi connectivity index (χ2v) is 7.99. The van der Waals surface area contributed by atoms with Gasteiger partial charge >= 0.3 is 6.18 Å². The topological polar surface area (TPSA) is 101 Å². The lowest BCUT2D eigenvalue weighted by Gasteiger charge is -2.29. The van der Waals surface area contributed by atoms with Crippen molar-refractivity contribution < 1.29 is 32.4 Å². The monoisotopic (exact) mass is 516 g/mol. The molecule has 2 amide bonds. The van der Waals surface area contributed by atoms with Crippen LogP contribution in [0, 0.1) is 0 Å². The number of anilines is 1. The van der Waals surface area contributed by atoms with E-state index in [2.05, 4.69) is 25.8 Å². The molecule has 0 radical (unpaired) electrons. The molecule has 0 aromatic heterocycles. The number of carbonyl (C=O) groups is 2.